The largest absolute Gasteiger partial charge is 0.355 e. The summed E-state index contributed by atoms with van der Waals surface area (Å²) < 4.78 is 0. The number of hydrogen-bond donors (Lipinski definition) is 1. The van der Waals surface area contributed by atoms with Gasteiger partial charge in [-0.3, -0.25) is 9.59 Å². The SMILES string of the molecule is C=CCN(CCC)C(=O)C1CNC(=O)C1. The Hall–Kier alpha value is -1.32. The highest BCUT2D eigenvalue weighted by atomic mass is 16.2. The number of carbonyl (C=O) groups excluding carboxylic acids is 2. The van der Waals surface area contributed by atoms with Crippen LogP contribution in [0.4, 0.5) is 0 Å². The summed E-state index contributed by atoms with van der Waals surface area (Å²) in [5.41, 5.74) is 0. The van der Waals surface area contributed by atoms with Crippen LogP contribution in [0.1, 0.15) is 19.8 Å². The maximum absolute atomic E-state index is 12.0. The lowest BCUT2D eigenvalue weighted by molar-refractivity contribution is -0.135. The van der Waals surface area contributed by atoms with Gasteiger partial charge >= 0.3 is 0 Å². The Labute approximate surface area is 90.3 Å². The van der Waals surface area contributed by atoms with E-state index in [2.05, 4.69) is 11.9 Å². The molecule has 0 aromatic carbocycles. The fourth-order valence-corrected chi connectivity index (χ4v) is 1.76. The van der Waals surface area contributed by atoms with Crippen molar-refractivity contribution in [2.45, 2.75) is 19.8 Å². The van der Waals surface area contributed by atoms with Crippen LogP contribution in [0, 0.1) is 5.92 Å². The molecule has 0 saturated carbocycles. The quantitative estimate of drug-likeness (QED) is 0.674. The lowest BCUT2D eigenvalue weighted by Crippen LogP contribution is -2.37. The van der Waals surface area contributed by atoms with Gasteiger partial charge in [0.15, 0.2) is 0 Å². The number of nitrogens with zero attached hydrogens (tertiary/aromatic N) is 1. The van der Waals surface area contributed by atoms with Crippen LogP contribution in [0.3, 0.4) is 0 Å². The second-order valence-electron chi connectivity index (χ2n) is 3.78. The third-order valence-electron chi connectivity index (χ3n) is 2.48. The van der Waals surface area contributed by atoms with Crippen LogP contribution in [0.15, 0.2) is 12.7 Å². The van der Waals surface area contributed by atoms with Gasteiger partial charge < -0.3 is 10.2 Å². The van der Waals surface area contributed by atoms with Crippen molar-refractivity contribution in [2.24, 2.45) is 5.92 Å². The van der Waals surface area contributed by atoms with Crippen molar-refractivity contribution >= 4 is 11.8 Å². The van der Waals surface area contributed by atoms with E-state index < -0.39 is 0 Å². The minimum atomic E-state index is -0.177. The van der Waals surface area contributed by atoms with Crippen LogP contribution in [0.25, 0.3) is 0 Å². The predicted octanol–water partition coefficient (Wildman–Crippen LogP) is 0.547. The Morgan fingerprint density at radius 1 is 1.73 bits per heavy atom. The molecule has 4 nitrogen and oxygen atoms in total. The highest BCUT2D eigenvalue weighted by Crippen LogP contribution is 2.13. The molecule has 1 atom stereocenters. The van der Waals surface area contributed by atoms with E-state index in [4.69, 9.17) is 0 Å². The Bertz CT molecular complexity index is 263. The summed E-state index contributed by atoms with van der Waals surface area (Å²) in [5, 5.41) is 2.68. The maximum atomic E-state index is 12.0. The molecular formula is C11H18N2O2. The van der Waals surface area contributed by atoms with Crippen LogP contribution in [0.5, 0.6) is 0 Å². The van der Waals surface area contributed by atoms with Crippen molar-refractivity contribution in [1.82, 2.24) is 10.2 Å². The van der Waals surface area contributed by atoms with Crippen molar-refractivity contribution < 1.29 is 9.59 Å². The van der Waals surface area contributed by atoms with Gasteiger partial charge in [-0.05, 0) is 6.42 Å². The van der Waals surface area contributed by atoms with E-state index in [-0.39, 0.29) is 17.7 Å². The van der Waals surface area contributed by atoms with Gasteiger partial charge in [-0.1, -0.05) is 13.0 Å². The highest BCUT2D eigenvalue weighted by Gasteiger charge is 2.30. The van der Waals surface area contributed by atoms with E-state index in [1.54, 1.807) is 11.0 Å². The molecule has 1 rings (SSSR count). The molecule has 4 heteroatoms. The van der Waals surface area contributed by atoms with Gasteiger partial charge in [0, 0.05) is 26.1 Å². The lowest BCUT2D eigenvalue weighted by atomic mass is 10.1. The molecule has 84 valence electrons. The zero-order chi connectivity index (χ0) is 11.3. The molecule has 1 aliphatic rings. The van der Waals surface area contributed by atoms with Crippen LogP contribution < -0.4 is 5.32 Å². The molecule has 0 aromatic heterocycles. The van der Waals surface area contributed by atoms with Crippen LogP contribution in [0.2, 0.25) is 0 Å². The van der Waals surface area contributed by atoms with Gasteiger partial charge in [0.2, 0.25) is 11.8 Å². The van der Waals surface area contributed by atoms with E-state index in [1.807, 2.05) is 6.92 Å². The van der Waals surface area contributed by atoms with Crippen LogP contribution >= 0.6 is 0 Å². The molecule has 0 radical (unpaired) electrons. The standard InChI is InChI=1S/C11H18N2O2/c1-3-5-13(6-4-2)11(15)9-7-10(14)12-8-9/h3,9H,1,4-8H2,2H3,(H,12,14). The summed E-state index contributed by atoms with van der Waals surface area (Å²) in [6.45, 7) is 7.44. The molecular weight excluding hydrogens is 192 g/mol. The van der Waals surface area contributed by atoms with Crippen molar-refractivity contribution in [1.29, 1.82) is 0 Å². The fourth-order valence-electron chi connectivity index (χ4n) is 1.76. The Kier molecular flexibility index (Phi) is 4.34. The van der Waals surface area contributed by atoms with E-state index in [1.165, 1.54) is 0 Å². The third kappa shape index (κ3) is 3.08. The van der Waals surface area contributed by atoms with Crippen molar-refractivity contribution in [3.63, 3.8) is 0 Å². The normalized spacial score (nSPS) is 19.8. The second kappa shape index (κ2) is 5.53. The smallest absolute Gasteiger partial charge is 0.228 e. The molecule has 0 aliphatic carbocycles. The van der Waals surface area contributed by atoms with Gasteiger partial charge in [-0.15, -0.1) is 6.58 Å². The summed E-state index contributed by atoms with van der Waals surface area (Å²) in [6, 6.07) is 0. The number of rotatable bonds is 5. The van der Waals surface area contributed by atoms with Gasteiger partial charge in [0.05, 0.1) is 5.92 Å². The average Bonchev–Trinajstić information content (AvgIpc) is 2.63. The van der Waals surface area contributed by atoms with Gasteiger partial charge in [0.1, 0.15) is 0 Å². The van der Waals surface area contributed by atoms with E-state index >= 15 is 0 Å². The molecule has 1 aliphatic heterocycles. The summed E-state index contributed by atoms with van der Waals surface area (Å²) in [7, 11) is 0. The molecule has 1 fully saturated rings. The molecule has 1 saturated heterocycles. The average molecular weight is 210 g/mol. The summed E-state index contributed by atoms with van der Waals surface area (Å²) in [6.07, 6.45) is 2.97. The Morgan fingerprint density at radius 3 is 2.93 bits per heavy atom. The lowest BCUT2D eigenvalue weighted by Gasteiger charge is -2.23. The van der Waals surface area contributed by atoms with Crippen molar-refractivity contribution in [2.75, 3.05) is 19.6 Å². The first kappa shape index (κ1) is 11.8. The first-order chi connectivity index (χ1) is 7.19. The number of nitrogens with one attached hydrogen (secondary N) is 1. The van der Waals surface area contributed by atoms with Gasteiger partial charge in [0.25, 0.3) is 0 Å². The highest BCUT2D eigenvalue weighted by molar-refractivity contribution is 5.89. The minimum absolute atomic E-state index is 0.0246. The maximum Gasteiger partial charge on any atom is 0.228 e. The van der Waals surface area contributed by atoms with E-state index in [0.717, 1.165) is 13.0 Å². The minimum Gasteiger partial charge on any atom is -0.355 e. The molecule has 1 N–H and O–H groups in total. The predicted molar refractivity (Wildman–Crippen MR) is 58.2 cm³/mol. The molecule has 1 unspecified atom stereocenters. The molecule has 0 bridgehead atoms. The molecule has 0 spiro atoms. The molecule has 0 aromatic rings. The number of hydrogen-bond acceptors (Lipinski definition) is 2. The molecule has 15 heavy (non-hydrogen) atoms. The zero-order valence-electron chi connectivity index (χ0n) is 9.16. The summed E-state index contributed by atoms with van der Waals surface area (Å²) >= 11 is 0. The Morgan fingerprint density at radius 2 is 2.47 bits per heavy atom. The van der Waals surface area contributed by atoms with Crippen LogP contribution in [-0.4, -0.2) is 36.3 Å². The first-order valence-corrected chi connectivity index (χ1v) is 5.35. The first-order valence-electron chi connectivity index (χ1n) is 5.35. The molecule has 2 amide bonds. The van der Waals surface area contributed by atoms with Crippen LogP contribution in [-0.2, 0) is 9.59 Å². The zero-order valence-corrected chi connectivity index (χ0v) is 9.16. The van der Waals surface area contributed by atoms with Gasteiger partial charge in [-0.2, -0.15) is 0 Å². The van der Waals surface area contributed by atoms with Crippen molar-refractivity contribution in [3.05, 3.63) is 12.7 Å². The van der Waals surface area contributed by atoms with E-state index in [0.29, 0.717) is 19.5 Å². The third-order valence-corrected chi connectivity index (χ3v) is 2.48. The second-order valence-corrected chi connectivity index (χ2v) is 3.78. The number of carbonyl (C=O) groups is 2. The fraction of sp³-hybridized carbons (Fsp3) is 0.636. The Balaban J connectivity index is 2.54. The van der Waals surface area contributed by atoms with Crippen molar-refractivity contribution in [3.8, 4) is 0 Å². The monoisotopic (exact) mass is 210 g/mol. The number of amides is 2. The van der Waals surface area contributed by atoms with E-state index in [9.17, 15) is 9.59 Å². The summed E-state index contributed by atoms with van der Waals surface area (Å²) in [4.78, 5) is 24.7. The topological polar surface area (TPSA) is 49.4 Å². The molecule has 1 heterocycles. The van der Waals surface area contributed by atoms with Gasteiger partial charge in [-0.25, -0.2) is 0 Å². The summed E-state index contributed by atoms with van der Waals surface area (Å²) in [5.74, 6) is -0.137.